The number of nitrogens with one attached hydrogen (secondary N) is 2. The van der Waals surface area contributed by atoms with Crippen LogP contribution in [0.25, 0.3) is 10.9 Å². The number of hydrogen-bond donors (Lipinski definition) is 2. The van der Waals surface area contributed by atoms with Gasteiger partial charge in [-0.05, 0) is 43.8 Å². The summed E-state index contributed by atoms with van der Waals surface area (Å²) in [5.41, 5.74) is 2.50. The van der Waals surface area contributed by atoms with Crippen molar-refractivity contribution in [2.75, 3.05) is 7.05 Å². The molecule has 2 N–H and O–H groups in total. The number of benzene rings is 2. The Morgan fingerprint density at radius 2 is 1.80 bits per heavy atom. The highest BCUT2D eigenvalue weighted by atomic mass is 32.2. The predicted molar refractivity (Wildman–Crippen MR) is 86.3 cm³/mol. The summed E-state index contributed by atoms with van der Waals surface area (Å²) in [4.78, 5) is 4.70. The van der Waals surface area contributed by atoms with Crippen molar-refractivity contribution in [1.29, 1.82) is 0 Å². The van der Waals surface area contributed by atoms with Crippen molar-refractivity contribution in [2.45, 2.75) is 22.9 Å². The zero-order chi connectivity index (χ0) is 13.9. The Labute approximate surface area is 123 Å². The molecule has 0 aliphatic rings. The van der Waals surface area contributed by atoms with Gasteiger partial charge in [0.25, 0.3) is 0 Å². The molecular weight excluding hydrogens is 264 g/mol. The minimum absolute atomic E-state index is 0.391. The minimum Gasteiger partial charge on any atom is -0.349 e. The summed E-state index contributed by atoms with van der Waals surface area (Å²) in [7, 11) is 1.98. The Morgan fingerprint density at radius 1 is 1.05 bits per heavy atom. The molecule has 0 saturated heterocycles. The Balaban J connectivity index is 1.80. The van der Waals surface area contributed by atoms with Gasteiger partial charge in [-0.2, -0.15) is 0 Å². The quantitative estimate of drug-likeness (QED) is 0.732. The van der Waals surface area contributed by atoms with Crippen LogP contribution in [0, 0.1) is 0 Å². The summed E-state index contributed by atoms with van der Waals surface area (Å²) in [5.74, 6) is 0. The normalized spacial score (nSPS) is 12.7. The van der Waals surface area contributed by atoms with Crippen LogP contribution in [0.4, 0.5) is 0 Å². The monoisotopic (exact) mass is 282 g/mol. The van der Waals surface area contributed by atoms with E-state index < -0.39 is 0 Å². The van der Waals surface area contributed by atoms with Crippen LogP contribution in [0.5, 0.6) is 0 Å². The lowest BCUT2D eigenvalue weighted by Crippen LogP contribution is -2.11. The van der Waals surface area contributed by atoms with E-state index in [9.17, 15) is 0 Å². The SMILES string of the molecule is CNC(C)c1ccc(Sc2cc3ccccc3[nH]2)cc1. The zero-order valence-electron chi connectivity index (χ0n) is 11.7. The van der Waals surface area contributed by atoms with E-state index >= 15 is 0 Å². The summed E-state index contributed by atoms with van der Waals surface area (Å²) in [6.45, 7) is 2.17. The summed E-state index contributed by atoms with van der Waals surface area (Å²) in [6, 6.07) is 19.7. The van der Waals surface area contributed by atoms with Crippen LogP contribution in [-0.4, -0.2) is 12.0 Å². The molecule has 0 saturated carbocycles. The second kappa shape index (κ2) is 5.73. The summed E-state index contributed by atoms with van der Waals surface area (Å²) in [5, 5.41) is 5.70. The van der Waals surface area contributed by atoms with E-state index in [1.54, 1.807) is 11.8 Å². The average Bonchev–Trinajstić information content (AvgIpc) is 2.89. The third-order valence-corrected chi connectivity index (χ3v) is 4.49. The third kappa shape index (κ3) is 2.74. The maximum absolute atomic E-state index is 3.44. The zero-order valence-corrected chi connectivity index (χ0v) is 12.5. The molecule has 0 aliphatic carbocycles. The number of aromatic amines is 1. The Kier molecular flexibility index (Phi) is 3.81. The number of H-pyrrole nitrogens is 1. The van der Waals surface area contributed by atoms with Crippen molar-refractivity contribution in [3.8, 4) is 0 Å². The van der Waals surface area contributed by atoms with Crippen LogP contribution in [0.2, 0.25) is 0 Å². The smallest absolute Gasteiger partial charge is 0.0780 e. The molecule has 2 nitrogen and oxygen atoms in total. The van der Waals surface area contributed by atoms with Crippen LogP contribution < -0.4 is 5.32 Å². The molecule has 0 spiro atoms. The Morgan fingerprint density at radius 3 is 2.50 bits per heavy atom. The highest BCUT2D eigenvalue weighted by Crippen LogP contribution is 2.30. The molecule has 1 atom stereocenters. The molecule has 0 bridgehead atoms. The van der Waals surface area contributed by atoms with Gasteiger partial charge in [0.05, 0.1) is 5.03 Å². The van der Waals surface area contributed by atoms with Crippen LogP contribution in [0.15, 0.2) is 64.5 Å². The number of hydrogen-bond acceptors (Lipinski definition) is 2. The number of para-hydroxylation sites is 1. The summed E-state index contributed by atoms with van der Waals surface area (Å²) < 4.78 is 0. The van der Waals surface area contributed by atoms with E-state index in [0.29, 0.717) is 6.04 Å². The molecule has 1 aromatic heterocycles. The molecule has 3 rings (SSSR count). The maximum atomic E-state index is 3.44. The Bertz CT molecular complexity index is 667. The number of fused-ring (bicyclic) bond motifs is 1. The lowest BCUT2D eigenvalue weighted by molar-refractivity contribution is 0.652. The van der Waals surface area contributed by atoms with Gasteiger partial charge < -0.3 is 10.3 Å². The van der Waals surface area contributed by atoms with E-state index in [2.05, 4.69) is 71.8 Å². The first kappa shape index (κ1) is 13.3. The fraction of sp³-hybridized carbons (Fsp3) is 0.176. The molecule has 0 radical (unpaired) electrons. The van der Waals surface area contributed by atoms with Crippen molar-refractivity contribution >= 4 is 22.7 Å². The molecule has 20 heavy (non-hydrogen) atoms. The van der Waals surface area contributed by atoms with E-state index in [1.165, 1.54) is 26.4 Å². The first-order valence-corrected chi connectivity index (χ1v) is 7.61. The first-order valence-electron chi connectivity index (χ1n) is 6.79. The van der Waals surface area contributed by atoms with E-state index in [0.717, 1.165) is 0 Å². The molecular formula is C17H18N2S. The second-order valence-corrected chi connectivity index (χ2v) is 6.02. The molecule has 0 amide bonds. The van der Waals surface area contributed by atoms with Crippen LogP contribution in [0.3, 0.4) is 0 Å². The topological polar surface area (TPSA) is 27.8 Å². The van der Waals surface area contributed by atoms with Crippen molar-refractivity contribution in [2.24, 2.45) is 0 Å². The van der Waals surface area contributed by atoms with Crippen molar-refractivity contribution < 1.29 is 0 Å². The van der Waals surface area contributed by atoms with Gasteiger partial charge in [0.15, 0.2) is 0 Å². The van der Waals surface area contributed by atoms with Gasteiger partial charge in [0.1, 0.15) is 0 Å². The summed E-state index contributed by atoms with van der Waals surface area (Å²) >= 11 is 1.77. The standard InChI is InChI=1S/C17H18N2S/c1-12(18-2)13-7-9-15(10-8-13)20-17-11-14-5-3-4-6-16(14)19-17/h3-12,18-19H,1-2H3. The molecule has 102 valence electrons. The van der Waals surface area contributed by atoms with Gasteiger partial charge in [0, 0.05) is 21.8 Å². The van der Waals surface area contributed by atoms with Gasteiger partial charge in [-0.3, -0.25) is 0 Å². The average molecular weight is 282 g/mol. The highest BCUT2D eigenvalue weighted by Gasteiger charge is 2.04. The van der Waals surface area contributed by atoms with Gasteiger partial charge in [0.2, 0.25) is 0 Å². The van der Waals surface area contributed by atoms with Crippen molar-refractivity contribution in [1.82, 2.24) is 10.3 Å². The minimum atomic E-state index is 0.391. The molecule has 3 aromatic rings. The lowest BCUT2D eigenvalue weighted by atomic mass is 10.1. The second-order valence-electron chi connectivity index (χ2n) is 4.90. The van der Waals surface area contributed by atoms with Gasteiger partial charge in [-0.1, -0.05) is 42.1 Å². The highest BCUT2D eigenvalue weighted by molar-refractivity contribution is 7.99. The van der Waals surface area contributed by atoms with Crippen LogP contribution >= 0.6 is 11.8 Å². The first-order chi connectivity index (χ1) is 9.76. The van der Waals surface area contributed by atoms with Crippen LogP contribution in [0.1, 0.15) is 18.5 Å². The van der Waals surface area contributed by atoms with E-state index in [-0.39, 0.29) is 0 Å². The van der Waals surface area contributed by atoms with Gasteiger partial charge >= 0.3 is 0 Å². The van der Waals surface area contributed by atoms with Crippen LogP contribution in [-0.2, 0) is 0 Å². The Hall–Kier alpha value is -1.71. The third-order valence-electron chi connectivity index (χ3n) is 3.55. The maximum Gasteiger partial charge on any atom is 0.0780 e. The lowest BCUT2D eigenvalue weighted by Gasteiger charge is -2.10. The predicted octanol–water partition coefficient (Wildman–Crippen LogP) is 4.60. The summed E-state index contributed by atoms with van der Waals surface area (Å²) in [6.07, 6.45) is 0. The molecule has 0 aliphatic heterocycles. The molecule has 1 unspecified atom stereocenters. The van der Waals surface area contributed by atoms with Crippen molar-refractivity contribution in [3.05, 3.63) is 60.2 Å². The van der Waals surface area contributed by atoms with Gasteiger partial charge in [-0.15, -0.1) is 0 Å². The van der Waals surface area contributed by atoms with E-state index in [1.807, 2.05) is 7.05 Å². The largest absolute Gasteiger partial charge is 0.349 e. The van der Waals surface area contributed by atoms with Crippen molar-refractivity contribution in [3.63, 3.8) is 0 Å². The fourth-order valence-electron chi connectivity index (χ4n) is 2.22. The molecule has 0 fully saturated rings. The van der Waals surface area contributed by atoms with E-state index in [4.69, 9.17) is 0 Å². The fourth-order valence-corrected chi connectivity index (χ4v) is 3.09. The molecule has 3 heteroatoms. The molecule has 2 aromatic carbocycles. The molecule has 1 heterocycles. The number of aromatic nitrogens is 1. The van der Waals surface area contributed by atoms with Gasteiger partial charge in [-0.25, -0.2) is 0 Å². The number of rotatable bonds is 4.